The summed E-state index contributed by atoms with van der Waals surface area (Å²) < 4.78 is 26.6. The van der Waals surface area contributed by atoms with Gasteiger partial charge in [-0.3, -0.25) is 0 Å². The molecule has 1 saturated carbocycles. The molecule has 1 aliphatic rings. The molecule has 1 aliphatic carbocycles. The summed E-state index contributed by atoms with van der Waals surface area (Å²) >= 11 is 6.95. The number of hydrogen-bond acceptors (Lipinski definition) is 3. The maximum atomic E-state index is 12.3. The summed E-state index contributed by atoms with van der Waals surface area (Å²) in [4.78, 5) is 0. The van der Waals surface area contributed by atoms with Gasteiger partial charge >= 0.3 is 0 Å². The van der Waals surface area contributed by atoms with Crippen LogP contribution in [0, 0.1) is 0 Å². The second kappa shape index (κ2) is 5.26. The van der Waals surface area contributed by atoms with Gasteiger partial charge < -0.3 is 0 Å². The first kappa shape index (κ1) is 13.3. The molecule has 0 amide bonds. The van der Waals surface area contributed by atoms with Crippen molar-refractivity contribution in [2.24, 2.45) is 0 Å². The summed E-state index contributed by atoms with van der Waals surface area (Å²) in [5.74, 6) is 0.360. The van der Waals surface area contributed by atoms with Gasteiger partial charge in [0.1, 0.15) is 4.21 Å². The van der Waals surface area contributed by atoms with Crippen molar-refractivity contribution in [1.82, 2.24) is 4.31 Å². The second-order valence-electron chi connectivity index (χ2n) is 4.37. The van der Waals surface area contributed by atoms with Gasteiger partial charge in [-0.15, -0.1) is 22.9 Å². The van der Waals surface area contributed by atoms with Crippen molar-refractivity contribution in [2.45, 2.75) is 41.8 Å². The molecule has 1 fully saturated rings. The molecule has 3 nitrogen and oxygen atoms in total. The minimum atomic E-state index is -3.32. The van der Waals surface area contributed by atoms with Gasteiger partial charge in [-0.25, -0.2) is 8.42 Å². The summed E-state index contributed by atoms with van der Waals surface area (Å²) in [6, 6.07) is 1.85. The maximum absolute atomic E-state index is 12.3. The zero-order valence-electron chi connectivity index (χ0n) is 9.73. The minimum Gasteiger partial charge on any atom is -0.206 e. The van der Waals surface area contributed by atoms with E-state index in [1.807, 2.05) is 5.38 Å². The molecular formula is C11H16ClNO2S2. The van der Waals surface area contributed by atoms with Crippen LogP contribution in [0.1, 0.15) is 31.2 Å². The average molecular weight is 294 g/mol. The Morgan fingerprint density at radius 3 is 2.65 bits per heavy atom. The molecule has 0 saturated heterocycles. The Kier molecular flexibility index (Phi) is 4.13. The molecule has 0 aliphatic heterocycles. The molecule has 1 aromatic rings. The molecule has 0 bridgehead atoms. The van der Waals surface area contributed by atoms with Crippen LogP contribution in [0.25, 0.3) is 0 Å². The topological polar surface area (TPSA) is 37.4 Å². The molecule has 0 radical (unpaired) electrons. The van der Waals surface area contributed by atoms with Crippen molar-refractivity contribution < 1.29 is 8.42 Å². The number of hydrogen-bond donors (Lipinski definition) is 0. The highest BCUT2D eigenvalue weighted by Gasteiger charge is 2.30. The molecule has 6 heteroatoms. The predicted octanol–water partition coefficient (Wildman–Crippen LogP) is 3.05. The molecule has 0 aromatic carbocycles. The molecule has 0 spiro atoms. The lowest BCUT2D eigenvalue weighted by molar-refractivity contribution is 0.374. The highest BCUT2D eigenvalue weighted by atomic mass is 35.5. The number of halogens is 1. The van der Waals surface area contributed by atoms with Crippen molar-refractivity contribution in [3.05, 3.63) is 17.0 Å². The van der Waals surface area contributed by atoms with Gasteiger partial charge in [-0.05, 0) is 29.9 Å². The minimum absolute atomic E-state index is 0.168. The molecule has 96 valence electrons. The highest BCUT2D eigenvalue weighted by Crippen LogP contribution is 2.30. The van der Waals surface area contributed by atoms with Crippen LogP contribution in [0.5, 0.6) is 0 Å². The molecule has 0 atom stereocenters. The van der Waals surface area contributed by atoms with E-state index in [4.69, 9.17) is 11.6 Å². The third-order valence-electron chi connectivity index (χ3n) is 3.26. The number of sulfonamides is 1. The number of nitrogens with zero attached hydrogens (tertiary/aromatic N) is 1. The molecule has 1 heterocycles. The van der Waals surface area contributed by atoms with Gasteiger partial charge in [0, 0.05) is 19.0 Å². The third-order valence-corrected chi connectivity index (χ3v) is 6.94. The van der Waals surface area contributed by atoms with E-state index in [1.165, 1.54) is 15.6 Å². The number of alkyl halides is 1. The van der Waals surface area contributed by atoms with Gasteiger partial charge in [0.05, 0.1) is 0 Å². The van der Waals surface area contributed by atoms with Crippen LogP contribution in [0.4, 0.5) is 0 Å². The predicted molar refractivity (Wildman–Crippen MR) is 71.1 cm³/mol. The lowest BCUT2D eigenvalue weighted by Crippen LogP contribution is -2.34. The largest absolute Gasteiger partial charge is 0.252 e. The number of thiophene rings is 1. The van der Waals surface area contributed by atoms with Crippen LogP contribution in [0.15, 0.2) is 15.7 Å². The van der Waals surface area contributed by atoms with Crippen molar-refractivity contribution in [3.8, 4) is 0 Å². The standard InChI is InChI=1S/C11H16ClNO2S2/c1-13(10-4-2-3-5-10)17(14,15)11-6-9(7-12)8-16-11/h6,8,10H,2-5,7H2,1H3. The van der Waals surface area contributed by atoms with Crippen LogP contribution < -0.4 is 0 Å². The summed E-state index contributed by atoms with van der Waals surface area (Å²) in [7, 11) is -1.63. The monoisotopic (exact) mass is 293 g/mol. The summed E-state index contributed by atoms with van der Waals surface area (Å²) in [6.07, 6.45) is 4.21. The molecule has 0 unspecified atom stereocenters. The summed E-state index contributed by atoms with van der Waals surface area (Å²) in [5, 5.41) is 1.81. The van der Waals surface area contributed by atoms with Gasteiger partial charge in [0.2, 0.25) is 0 Å². The Labute approximate surface area is 111 Å². The maximum Gasteiger partial charge on any atom is 0.252 e. The molecule has 17 heavy (non-hydrogen) atoms. The van der Waals surface area contributed by atoms with Crippen LogP contribution in [-0.2, 0) is 15.9 Å². The first-order chi connectivity index (χ1) is 8.05. The fraction of sp³-hybridized carbons (Fsp3) is 0.636. The first-order valence-corrected chi connectivity index (χ1v) is 8.52. The molecule has 0 N–H and O–H groups in total. The van der Waals surface area contributed by atoms with Crippen LogP contribution in [0.3, 0.4) is 0 Å². The lowest BCUT2D eigenvalue weighted by Gasteiger charge is -2.22. The highest BCUT2D eigenvalue weighted by molar-refractivity contribution is 7.91. The van der Waals surface area contributed by atoms with Gasteiger partial charge in [0.25, 0.3) is 10.0 Å². The van der Waals surface area contributed by atoms with Gasteiger partial charge in [-0.1, -0.05) is 12.8 Å². The Morgan fingerprint density at radius 1 is 1.47 bits per heavy atom. The fourth-order valence-corrected chi connectivity index (χ4v) is 5.22. The smallest absolute Gasteiger partial charge is 0.206 e. The Bertz CT molecular complexity index is 477. The van der Waals surface area contributed by atoms with Crippen LogP contribution in [-0.4, -0.2) is 25.8 Å². The Hall–Kier alpha value is -0.100. The number of rotatable bonds is 4. The Morgan fingerprint density at radius 2 is 2.12 bits per heavy atom. The van der Waals surface area contributed by atoms with Crippen molar-refractivity contribution >= 4 is 33.0 Å². The van der Waals surface area contributed by atoms with E-state index >= 15 is 0 Å². The van der Waals surface area contributed by atoms with Crippen molar-refractivity contribution in [3.63, 3.8) is 0 Å². The van der Waals surface area contributed by atoms with Gasteiger partial charge in [0.15, 0.2) is 0 Å². The van der Waals surface area contributed by atoms with E-state index in [9.17, 15) is 8.42 Å². The second-order valence-corrected chi connectivity index (χ2v) is 7.77. The molecule has 2 rings (SSSR count). The summed E-state index contributed by atoms with van der Waals surface area (Å²) in [5.41, 5.74) is 0.870. The van der Waals surface area contributed by atoms with Gasteiger partial charge in [-0.2, -0.15) is 4.31 Å². The molecule has 1 aromatic heterocycles. The van der Waals surface area contributed by atoms with Crippen molar-refractivity contribution in [1.29, 1.82) is 0 Å². The average Bonchev–Trinajstić information content (AvgIpc) is 2.98. The zero-order chi connectivity index (χ0) is 12.5. The van der Waals surface area contributed by atoms with E-state index in [2.05, 4.69) is 0 Å². The third kappa shape index (κ3) is 2.67. The van der Waals surface area contributed by atoms with E-state index in [0.717, 1.165) is 31.2 Å². The quantitative estimate of drug-likeness (QED) is 0.800. The zero-order valence-corrected chi connectivity index (χ0v) is 12.1. The van der Waals surface area contributed by atoms with E-state index in [1.54, 1.807) is 13.1 Å². The SMILES string of the molecule is CN(C1CCCC1)S(=O)(=O)c1cc(CCl)cs1. The van der Waals surface area contributed by atoms with E-state index in [-0.39, 0.29) is 6.04 Å². The van der Waals surface area contributed by atoms with Crippen molar-refractivity contribution in [2.75, 3.05) is 7.05 Å². The lowest BCUT2D eigenvalue weighted by atomic mass is 10.3. The normalized spacial score (nSPS) is 18.1. The van der Waals surface area contributed by atoms with E-state index < -0.39 is 10.0 Å². The summed E-state index contributed by atoms with van der Waals surface area (Å²) in [6.45, 7) is 0. The van der Waals surface area contributed by atoms with Crippen LogP contribution >= 0.6 is 22.9 Å². The Balaban J connectivity index is 2.22. The first-order valence-electron chi connectivity index (χ1n) is 5.67. The van der Waals surface area contributed by atoms with Crippen LogP contribution in [0.2, 0.25) is 0 Å². The van der Waals surface area contributed by atoms with E-state index in [0.29, 0.717) is 10.1 Å². The fourth-order valence-electron chi connectivity index (χ4n) is 2.16. The molecular weight excluding hydrogens is 278 g/mol.